The van der Waals surface area contributed by atoms with E-state index in [1.807, 2.05) is 13.8 Å². The smallest absolute Gasteiger partial charge is 0.148 e. The molecule has 0 heterocycles. The topological polar surface area (TPSA) is 21.3 Å². The summed E-state index contributed by atoms with van der Waals surface area (Å²) < 4.78 is 7.78. The third kappa shape index (κ3) is 6.28. The van der Waals surface area contributed by atoms with Gasteiger partial charge < -0.3 is 10.1 Å². The van der Waals surface area contributed by atoms with Crippen molar-refractivity contribution in [3.8, 4) is 5.75 Å². The zero-order valence-electron chi connectivity index (χ0n) is 11.9. The minimum atomic E-state index is 0.172. The van der Waals surface area contributed by atoms with Gasteiger partial charge in [-0.15, -0.1) is 0 Å². The fourth-order valence-corrected chi connectivity index (χ4v) is 3.26. The third-order valence-electron chi connectivity index (χ3n) is 2.70. The minimum absolute atomic E-state index is 0.172. The van der Waals surface area contributed by atoms with E-state index in [0.29, 0.717) is 0 Å². The Kier molecular flexibility index (Phi) is 8.03. The van der Waals surface area contributed by atoms with Gasteiger partial charge in [-0.25, -0.2) is 0 Å². The van der Waals surface area contributed by atoms with Crippen molar-refractivity contribution >= 4 is 31.9 Å². The van der Waals surface area contributed by atoms with Crippen molar-refractivity contribution in [3.63, 3.8) is 0 Å². The van der Waals surface area contributed by atoms with Crippen LogP contribution in [0.3, 0.4) is 0 Å². The molecule has 0 amide bonds. The highest BCUT2D eigenvalue weighted by atomic mass is 79.9. The molecule has 0 radical (unpaired) electrons. The molecule has 1 aromatic carbocycles. The van der Waals surface area contributed by atoms with Crippen LogP contribution in [0.2, 0.25) is 0 Å². The summed E-state index contributed by atoms with van der Waals surface area (Å²) in [6.07, 6.45) is 3.97. The Hall–Kier alpha value is -0.0600. The summed E-state index contributed by atoms with van der Waals surface area (Å²) in [4.78, 5) is 0. The highest BCUT2D eigenvalue weighted by Crippen LogP contribution is 2.35. The molecule has 0 aliphatic rings. The molecule has 0 saturated heterocycles. The van der Waals surface area contributed by atoms with Gasteiger partial charge in [-0.3, -0.25) is 0 Å². The zero-order valence-corrected chi connectivity index (χ0v) is 15.1. The first-order chi connectivity index (χ1) is 9.04. The van der Waals surface area contributed by atoms with Crippen LogP contribution < -0.4 is 10.1 Å². The zero-order chi connectivity index (χ0) is 14.3. The van der Waals surface area contributed by atoms with Crippen LogP contribution in [0, 0.1) is 0 Å². The Morgan fingerprint density at radius 1 is 1.16 bits per heavy atom. The van der Waals surface area contributed by atoms with Crippen molar-refractivity contribution in [2.75, 3.05) is 6.54 Å². The number of ether oxygens (including phenoxy) is 1. The van der Waals surface area contributed by atoms with Gasteiger partial charge in [0.2, 0.25) is 0 Å². The summed E-state index contributed by atoms with van der Waals surface area (Å²) >= 11 is 7.16. The fraction of sp³-hybridized carbons (Fsp3) is 0.600. The summed E-state index contributed by atoms with van der Waals surface area (Å²) in [6, 6.07) is 4.24. The maximum absolute atomic E-state index is 5.77. The van der Waals surface area contributed by atoms with Gasteiger partial charge in [0.1, 0.15) is 5.75 Å². The van der Waals surface area contributed by atoms with Gasteiger partial charge in [0.15, 0.2) is 0 Å². The fourth-order valence-electron chi connectivity index (χ4n) is 1.80. The monoisotopic (exact) mass is 391 g/mol. The van der Waals surface area contributed by atoms with Gasteiger partial charge >= 0.3 is 0 Å². The maximum atomic E-state index is 5.77. The largest absolute Gasteiger partial charge is 0.489 e. The van der Waals surface area contributed by atoms with E-state index in [-0.39, 0.29) is 6.10 Å². The standard InChI is InChI=1S/C15H23Br2NO/c1-4-5-6-7-18-10-12-8-13(16)15(14(17)9-12)19-11(2)3/h8-9,11,18H,4-7,10H2,1-3H3. The predicted molar refractivity (Wildman–Crippen MR) is 88.8 cm³/mol. The van der Waals surface area contributed by atoms with Gasteiger partial charge in [0, 0.05) is 6.54 Å². The van der Waals surface area contributed by atoms with Gasteiger partial charge in [0.25, 0.3) is 0 Å². The van der Waals surface area contributed by atoms with Crippen LogP contribution in [0.25, 0.3) is 0 Å². The highest BCUT2D eigenvalue weighted by Gasteiger charge is 2.10. The van der Waals surface area contributed by atoms with E-state index in [0.717, 1.165) is 27.8 Å². The van der Waals surface area contributed by atoms with Crippen LogP contribution >= 0.6 is 31.9 Å². The Labute approximate surface area is 133 Å². The van der Waals surface area contributed by atoms with Crippen LogP contribution in [0.5, 0.6) is 5.75 Å². The average Bonchev–Trinajstić information content (AvgIpc) is 2.33. The lowest BCUT2D eigenvalue weighted by atomic mass is 10.2. The van der Waals surface area contributed by atoms with Crippen molar-refractivity contribution in [2.24, 2.45) is 0 Å². The molecule has 4 heteroatoms. The molecule has 0 atom stereocenters. The van der Waals surface area contributed by atoms with Gasteiger partial charge in [0.05, 0.1) is 15.0 Å². The molecule has 0 aliphatic heterocycles. The molecular formula is C15H23Br2NO. The lowest BCUT2D eigenvalue weighted by Gasteiger charge is -2.15. The summed E-state index contributed by atoms with van der Waals surface area (Å²) in [5, 5.41) is 3.47. The minimum Gasteiger partial charge on any atom is -0.489 e. The molecule has 1 aromatic rings. The summed E-state index contributed by atoms with van der Waals surface area (Å²) in [7, 11) is 0. The number of hydrogen-bond donors (Lipinski definition) is 1. The molecule has 0 aromatic heterocycles. The van der Waals surface area contributed by atoms with Crippen LogP contribution in [0.4, 0.5) is 0 Å². The lowest BCUT2D eigenvalue weighted by Crippen LogP contribution is -2.15. The first-order valence-electron chi connectivity index (χ1n) is 6.89. The van der Waals surface area contributed by atoms with Gasteiger partial charge in [-0.1, -0.05) is 19.8 Å². The van der Waals surface area contributed by atoms with Crippen molar-refractivity contribution < 1.29 is 4.74 Å². The first-order valence-corrected chi connectivity index (χ1v) is 8.48. The second kappa shape index (κ2) is 8.98. The van der Waals surface area contributed by atoms with Gasteiger partial charge in [-0.05, 0) is 76.4 Å². The Morgan fingerprint density at radius 3 is 2.32 bits per heavy atom. The second-order valence-corrected chi connectivity index (χ2v) is 6.65. The predicted octanol–water partition coefficient (Wildman–Crippen LogP) is 5.28. The molecule has 1 N–H and O–H groups in total. The Balaban J connectivity index is 2.57. The number of benzene rings is 1. The van der Waals surface area contributed by atoms with Crippen molar-refractivity contribution in [1.82, 2.24) is 5.32 Å². The number of hydrogen-bond acceptors (Lipinski definition) is 2. The molecular weight excluding hydrogens is 370 g/mol. The molecule has 2 nitrogen and oxygen atoms in total. The second-order valence-electron chi connectivity index (χ2n) is 4.94. The van der Waals surface area contributed by atoms with E-state index in [1.165, 1.54) is 24.8 Å². The normalized spacial score (nSPS) is 11.1. The van der Waals surface area contributed by atoms with E-state index in [4.69, 9.17) is 4.74 Å². The van der Waals surface area contributed by atoms with Crippen molar-refractivity contribution in [3.05, 3.63) is 26.6 Å². The van der Waals surface area contributed by atoms with E-state index in [2.05, 4.69) is 56.2 Å². The van der Waals surface area contributed by atoms with Crippen LogP contribution in [0.15, 0.2) is 21.1 Å². The third-order valence-corrected chi connectivity index (χ3v) is 3.88. The highest BCUT2D eigenvalue weighted by molar-refractivity contribution is 9.11. The summed E-state index contributed by atoms with van der Waals surface area (Å²) in [5.41, 5.74) is 1.26. The SMILES string of the molecule is CCCCCNCc1cc(Br)c(OC(C)C)c(Br)c1. The Bertz CT molecular complexity index is 371. The molecule has 19 heavy (non-hydrogen) atoms. The van der Waals surface area contributed by atoms with E-state index in [9.17, 15) is 0 Å². The van der Waals surface area contributed by atoms with Crippen molar-refractivity contribution in [1.29, 1.82) is 0 Å². The summed E-state index contributed by atoms with van der Waals surface area (Å²) in [6.45, 7) is 8.25. The average molecular weight is 393 g/mol. The molecule has 0 unspecified atom stereocenters. The molecule has 0 saturated carbocycles. The molecule has 0 spiro atoms. The summed E-state index contributed by atoms with van der Waals surface area (Å²) in [5.74, 6) is 0.879. The van der Waals surface area contributed by atoms with Crippen molar-refractivity contribution in [2.45, 2.75) is 52.7 Å². The molecule has 0 fully saturated rings. The van der Waals surface area contributed by atoms with E-state index < -0.39 is 0 Å². The number of rotatable bonds is 8. The number of halogens is 2. The number of unbranched alkanes of at least 4 members (excludes halogenated alkanes) is 2. The van der Waals surface area contributed by atoms with Crippen LogP contribution in [-0.2, 0) is 6.54 Å². The number of nitrogens with one attached hydrogen (secondary N) is 1. The molecule has 0 bridgehead atoms. The quantitative estimate of drug-likeness (QED) is 0.607. The molecule has 108 valence electrons. The van der Waals surface area contributed by atoms with E-state index >= 15 is 0 Å². The van der Waals surface area contributed by atoms with Crippen LogP contribution in [-0.4, -0.2) is 12.6 Å². The molecule has 0 aliphatic carbocycles. The Morgan fingerprint density at radius 2 is 1.79 bits per heavy atom. The lowest BCUT2D eigenvalue weighted by molar-refractivity contribution is 0.239. The van der Waals surface area contributed by atoms with E-state index in [1.54, 1.807) is 0 Å². The maximum Gasteiger partial charge on any atom is 0.148 e. The van der Waals surface area contributed by atoms with Crippen LogP contribution in [0.1, 0.15) is 45.6 Å². The van der Waals surface area contributed by atoms with Gasteiger partial charge in [-0.2, -0.15) is 0 Å². The molecule has 1 rings (SSSR count). The first kappa shape index (κ1) is 17.0.